The average molecular weight is 356 g/mol. The number of hydrogen-bond donors (Lipinski definition) is 2. The number of Topliss-reactive ketones (excluding diaryl/α,β-unsaturated/α-hetero) is 1. The maximum atomic E-state index is 12.3. The van der Waals surface area contributed by atoms with E-state index in [0.717, 1.165) is 25.0 Å². The second-order valence-corrected chi connectivity index (χ2v) is 6.44. The first-order valence-corrected chi connectivity index (χ1v) is 9.47. The summed E-state index contributed by atoms with van der Waals surface area (Å²) >= 11 is 1.77. The van der Waals surface area contributed by atoms with Crippen molar-refractivity contribution in [1.29, 1.82) is 5.26 Å². The Bertz CT molecular complexity index is 451. The number of rotatable bonds is 13. The highest BCUT2D eigenvalue weighted by atomic mass is 32.2. The van der Waals surface area contributed by atoms with Crippen molar-refractivity contribution in [3.63, 3.8) is 0 Å². The molecular weight excluding hydrogens is 328 g/mol. The summed E-state index contributed by atoms with van der Waals surface area (Å²) in [6.07, 6.45) is 4.87. The SMILES string of the molecule is CNCCNC(=O)[C@H](CC(=O)C#N)N(C)C(=O)CCCCCSC. The highest BCUT2D eigenvalue weighted by Gasteiger charge is 2.28. The van der Waals surface area contributed by atoms with Crippen molar-refractivity contribution in [3.05, 3.63) is 0 Å². The first kappa shape index (κ1) is 22.4. The number of nitrogens with one attached hydrogen (secondary N) is 2. The fraction of sp³-hybridized carbons (Fsp3) is 0.750. The minimum Gasteiger partial charge on any atom is -0.353 e. The fourth-order valence-corrected chi connectivity index (χ4v) is 2.60. The van der Waals surface area contributed by atoms with E-state index in [1.807, 2.05) is 6.26 Å². The van der Waals surface area contributed by atoms with Crippen molar-refractivity contribution < 1.29 is 14.4 Å². The van der Waals surface area contributed by atoms with Crippen molar-refractivity contribution in [2.75, 3.05) is 39.2 Å². The number of unbranched alkanes of at least 4 members (excludes halogenated alkanes) is 2. The maximum absolute atomic E-state index is 12.3. The Morgan fingerprint density at radius 1 is 1.21 bits per heavy atom. The van der Waals surface area contributed by atoms with Crippen LogP contribution in [-0.4, -0.2) is 67.7 Å². The van der Waals surface area contributed by atoms with E-state index in [-0.39, 0.29) is 12.3 Å². The first-order valence-electron chi connectivity index (χ1n) is 8.07. The van der Waals surface area contributed by atoms with Crippen LogP contribution >= 0.6 is 11.8 Å². The molecule has 0 heterocycles. The molecule has 0 aromatic heterocycles. The van der Waals surface area contributed by atoms with Gasteiger partial charge in [-0.1, -0.05) is 6.42 Å². The molecule has 0 aliphatic rings. The minimum absolute atomic E-state index is 0.182. The zero-order valence-corrected chi connectivity index (χ0v) is 15.6. The summed E-state index contributed by atoms with van der Waals surface area (Å²) in [5, 5.41) is 14.2. The molecule has 0 aromatic carbocycles. The molecule has 136 valence electrons. The predicted octanol–water partition coefficient (Wildman–Crippen LogP) is 0.555. The van der Waals surface area contributed by atoms with Crippen LogP contribution in [0.3, 0.4) is 0 Å². The molecule has 0 saturated carbocycles. The number of amides is 2. The zero-order chi connectivity index (χ0) is 18.4. The molecule has 0 unspecified atom stereocenters. The zero-order valence-electron chi connectivity index (χ0n) is 14.8. The summed E-state index contributed by atoms with van der Waals surface area (Å²) in [5.41, 5.74) is 0. The molecule has 0 radical (unpaired) electrons. The molecule has 0 saturated heterocycles. The Hall–Kier alpha value is -1.59. The molecule has 1 atom stereocenters. The van der Waals surface area contributed by atoms with Crippen molar-refractivity contribution in [2.24, 2.45) is 0 Å². The van der Waals surface area contributed by atoms with Crippen molar-refractivity contribution >= 4 is 29.4 Å². The lowest BCUT2D eigenvalue weighted by Gasteiger charge is -2.26. The Morgan fingerprint density at radius 3 is 2.50 bits per heavy atom. The van der Waals surface area contributed by atoms with Crippen LogP contribution in [0.5, 0.6) is 0 Å². The van der Waals surface area contributed by atoms with Crippen LogP contribution in [-0.2, 0) is 14.4 Å². The van der Waals surface area contributed by atoms with Crippen LogP contribution in [0, 0.1) is 11.3 Å². The van der Waals surface area contributed by atoms with Crippen molar-refractivity contribution in [1.82, 2.24) is 15.5 Å². The highest BCUT2D eigenvalue weighted by Crippen LogP contribution is 2.10. The average Bonchev–Trinajstić information content (AvgIpc) is 2.58. The molecule has 2 amide bonds. The van der Waals surface area contributed by atoms with Crippen LogP contribution in [0.25, 0.3) is 0 Å². The van der Waals surface area contributed by atoms with Crippen LogP contribution in [0.4, 0.5) is 0 Å². The molecule has 0 fully saturated rings. The Balaban J connectivity index is 4.62. The number of ketones is 1. The molecule has 7 nitrogen and oxygen atoms in total. The smallest absolute Gasteiger partial charge is 0.243 e. The third-order valence-electron chi connectivity index (χ3n) is 3.58. The summed E-state index contributed by atoms with van der Waals surface area (Å²) in [7, 11) is 3.27. The van der Waals surface area contributed by atoms with Gasteiger partial charge in [0.05, 0.1) is 6.42 Å². The summed E-state index contributed by atoms with van der Waals surface area (Å²) in [4.78, 5) is 37.2. The number of nitrogens with zero attached hydrogens (tertiary/aromatic N) is 2. The number of carbonyl (C=O) groups excluding carboxylic acids is 3. The fourth-order valence-electron chi connectivity index (χ4n) is 2.10. The topological polar surface area (TPSA) is 102 Å². The van der Waals surface area contributed by atoms with Gasteiger partial charge in [-0.15, -0.1) is 0 Å². The van der Waals surface area contributed by atoms with E-state index in [4.69, 9.17) is 5.26 Å². The second kappa shape index (κ2) is 13.8. The standard InChI is InChI=1S/C16H28N4O3S/c1-18-8-9-19-16(23)14(11-13(21)12-17)20(2)15(22)7-5-4-6-10-24-3/h14,18H,4-11H2,1-3H3,(H,19,23)/t14-/m0/s1. The van der Waals surface area contributed by atoms with Crippen LogP contribution in [0.15, 0.2) is 0 Å². The predicted molar refractivity (Wildman–Crippen MR) is 95.6 cm³/mol. The Kier molecular flexibility index (Phi) is 12.9. The molecule has 0 spiro atoms. The molecule has 0 bridgehead atoms. The Morgan fingerprint density at radius 2 is 1.92 bits per heavy atom. The van der Waals surface area contributed by atoms with Crippen molar-refractivity contribution in [3.8, 4) is 6.07 Å². The molecule has 24 heavy (non-hydrogen) atoms. The monoisotopic (exact) mass is 356 g/mol. The van der Waals surface area contributed by atoms with Gasteiger partial charge in [-0.2, -0.15) is 17.0 Å². The summed E-state index contributed by atoms with van der Waals surface area (Å²) in [6, 6.07) is 0.569. The van der Waals surface area contributed by atoms with E-state index >= 15 is 0 Å². The van der Waals surface area contributed by atoms with E-state index < -0.39 is 17.7 Å². The van der Waals surface area contributed by atoms with E-state index in [2.05, 4.69) is 10.6 Å². The lowest BCUT2D eigenvalue weighted by molar-refractivity contribution is -0.140. The molecular formula is C16H28N4O3S. The van der Waals surface area contributed by atoms with E-state index in [9.17, 15) is 14.4 Å². The van der Waals surface area contributed by atoms with Gasteiger partial charge in [-0.05, 0) is 31.9 Å². The van der Waals surface area contributed by atoms with E-state index in [0.29, 0.717) is 19.5 Å². The van der Waals surface area contributed by atoms with Crippen LogP contribution in [0.2, 0.25) is 0 Å². The quantitative estimate of drug-likeness (QED) is 0.369. The van der Waals surface area contributed by atoms with E-state index in [1.54, 1.807) is 18.8 Å². The lowest BCUT2D eigenvalue weighted by Crippen LogP contribution is -2.49. The van der Waals surface area contributed by atoms with Gasteiger partial charge in [-0.3, -0.25) is 14.4 Å². The molecule has 2 N–H and O–H groups in total. The molecule has 0 aromatic rings. The van der Waals surface area contributed by atoms with Gasteiger partial charge >= 0.3 is 0 Å². The van der Waals surface area contributed by atoms with Crippen LogP contribution in [0.1, 0.15) is 32.1 Å². The number of thioether (sulfide) groups is 1. The number of carbonyl (C=O) groups is 3. The van der Waals surface area contributed by atoms with Gasteiger partial charge < -0.3 is 15.5 Å². The summed E-state index contributed by atoms with van der Waals surface area (Å²) < 4.78 is 0. The van der Waals surface area contributed by atoms with E-state index in [1.165, 1.54) is 18.0 Å². The normalized spacial score (nSPS) is 11.4. The number of likely N-dealkylation sites (N-methyl/N-ethyl adjacent to an activating group) is 2. The van der Waals surface area contributed by atoms with Gasteiger partial charge in [0.2, 0.25) is 17.6 Å². The summed E-state index contributed by atoms with van der Waals surface area (Å²) in [5.74, 6) is -0.230. The number of nitriles is 1. The maximum Gasteiger partial charge on any atom is 0.243 e. The molecule has 8 heteroatoms. The largest absolute Gasteiger partial charge is 0.353 e. The van der Waals surface area contributed by atoms with Gasteiger partial charge in [0, 0.05) is 26.6 Å². The highest BCUT2D eigenvalue weighted by molar-refractivity contribution is 7.98. The molecule has 0 rings (SSSR count). The number of hydrogen-bond acceptors (Lipinski definition) is 6. The van der Waals surface area contributed by atoms with Crippen molar-refractivity contribution in [2.45, 2.75) is 38.1 Å². The lowest BCUT2D eigenvalue weighted by atomic mass is 10.1. The van der Waals surface area contributed by atoms with Gasteiger partial charge in [0.25, 0.3) is 0 Å². The van der Waals surface area contributed by atoms with Gasteiger partial charge in [-0.25, -0.2) is 0 Å². The third kappa shape index (κ3) is 9.53. The first-order chi connectivity index (χ1) is 11.5. The third-order valence-corrected chi connectivity index (χ3v) is 4.28. The molecule has 0 aliphatic carbocycles. The molecule has 0 aliphatic heterocycles. The summed E-state index contributed by atoms with van der Waals surface area (Å²) in [6.45, 7) is 0.973. The Labute approximate surface area is 148 Å². The minimum atomic E-state index is -0.937. The van der Waals surface area contributed by atoms with Crippen LogP contribution < -0.4 is 10.6 Å². The van der Waals surface area contributed by atoms with Gasteiger partial charge in [0.15, 0.2) is 0 Å². The second-order valence-electron chi connectivity index (χ2n) is 5.46. The van der Waals surface area contributed by atoms with Gasteiger partial charge in [0.1, 0.15) is 12.1 Å².